The SMILES string of the molecule is CC(C)(NC(=O)C(N)CCC(=O)O)c1ccc(Br)cc1. The van der Waals surface area contributed by atoms with Crippen LogP contribution in [0.1, 0.15) is 32.3 Å². The molecule has 1 rings (SSSR count). The number of hydrogen-bond donors (Lipinski definition) is 3. The molecule has 1 amide bonds. The van der Waals surface area contributed by atoms with Crippen LogP contribution in [-0.2, 0) is 15.1 Å². The molecule has 1 unspecified atom stereocenters. The number of nitrogens with one attached hydrogen (secondary N) is 1. The maximum Gasteiger partial charge on any atom is 0.303 e. The fourth-order valence-electron chi connectivity index (χ4n) is 1.75. The molecule has 0 bridgehead atoms. The van der Waals surface area contributed by atoms with Gasteiger partial charge in [0.05, 0.1) is 11.6 Å². The quantitative estimate of drug-likeness (QED) is 0.737. The van der Waals surface area contributed by atoms with Gasteiger partial charge in [-0.25, -0.2) is 0 Å². The number of benzene rings is 1. The third-order valence-corrected chi connectivity index (χ3v) is 3.54. The van der Waals surface area contributed by atoms with Crippen LogP contribution < -0.4 is 11.1 Å². The minimum atomic E-state index is -0.958. The summed E-state index contributed by atoms with van der Waals surface area (Å²) >= 11 is 3.36. The average Bonchev–Trinajstić information content (AvgIpc) is 2.35. The molecule has 0 saturated heterocycles. The van der Waals surface area contributed by atoms with E-state index >= 15 is 0 Å². The van der Waals surface area contributed by atoms with E-state index < -0.39 is 17.6 Å². The van der Waals surface area contributed by atoms with Crippen molar-refractivity contribution in [1.29, 1.82) is 0 Å². The van der Waals surface area contributed by atoms with Crippen molar-refractivity contribution in [2.75, 3.05) is 0 Å². The van der Waals surface area contributed by atoms with Crippen molar-refractivity contribution in [1.82, 2.24) is 5.32 Å². The molecular weight excluding hydrogens is 324 g/mol. The van der Waals surface area contributed by atoms with Crippen LogP contribution in [0.4, 0.5) is 0 Å². The Morgan fingerprint density at radius 1 is 1.35 bits per heavy atom. The van der Waals surface area contributed by atoms with Gasteiger partial charge in [0.2, 0.25) is 5.91 Å². The first-order chi connectivity index (χ1) is 9.22. The highest BCUT2D eigenvalue weighted by molar-refractivity contribution is 9.10. The molecule has 6 heteroatoms. The Morgan fingerprint density at radius 2 is 1.90 bits per heavy atom. The van der Waals surface area contributed by atoms with E-state index in [1.165, 1.54) is 0 Å². The number of nitrogens with two attached hydrogens (primary N) is 1. The fraction of sp³-hybridized carbons (Fsp3) is 0.429. The third kappa shape index (κ3) is 4.94. The minimum absolute atomic E-state index is 0.118. The molecule has 0 aromatic heterocycles. The van der Waals surface area contributed by atoms with Crippen LogP contribution in [0.25, 0.3) is 0 Å². The number of carbonyl (C=O) groups is 2. The van der Waals surface area contributed by atoms with Crippen LogP contribution >= 0.6 is 15.9 Å². The first-order valence-electron chi connectivity index (χ1n) is 6.28. The highest BCUT2D eigenvalue weighted by Gasteiger charge is 2.25. The van der Waals surface area contributed by atoms with E-state index in [-0.39, 0.29) is 18.7 Å². The molecule has 4 N–H and O–H groups in total. The van der Waals surface area contributed by atoms with E-state index in [9.17, 15) is 9.59 Å². The average molecular weight is 343 g/mol. The molecule has 1 atom stereocenters. The Kier molecular flexibility index (Phi) is 5.71. The lowest BCUT2D eigenvalue weighted by Gasteiger charge is -2.28. The standard InChI is InChI=1S/C14H19BrN2O3/c1-14(2,9-3-5-10(15)6-4-9)17-13(20)11(16)7-8-12(18)19/h3-6,11H,7-8,16H2,1-2H3,(H,17,20)(H,18,19). The van der Waals surface area contributed by atoms with Gasteiger partial charge in [0.1, 0.15) is 0 Å². The third-order valence-electron chi connectivity index (χ3n) is 3.01. The van der Waals surface area contributed by atoms with Crippen molar-refractivity contribution >= 4 is 27.8 Å². The minimum Gasteiger partial charge on any atom is -0.481 e. The number of hydrogen-bond acceptors (Lipinski definition) is 3. The van der Waals surface area contributed by atoms with E-state index in [0.717, 1.165) is 10.0 Å². The Hall–Kier alpha value is -1.40. The van der Waals surface area contributed by atoms with Gasteiger partial charge in [-0.2, -0.15) is 0 Å². The number of rotatable bonds is 6. The topological polar surface area (TPSA) is 92.4 Å². The van der Waals surface area contributed by atoms with Gasteiger partial charge in [0, 0.05) is 10.9 Å². The highest BCUT2D eigenvalue weighted by Crippen LogP contribution is 2.22. The van der Waals surface area contributed by atoms with Gasteiger partial charge in [-0.1, -0.05) is 28.1 Å². The van der Waals surface area contributed by atoms with Gasteiger partial charge in [0.25, 0.3) is 0 Å². The lowest BCUT2D eigenvalue weighted by Crippen LogP contribution is -2.49. The highest BCUT2D eigenvalue weighted by atomic mass is 79.9. The summed E-state index contributed by atoms with van der Waals surface area (Å²) in [6, 6.07) is 6.79. The Bertz CT molecular complexity index is 486. The van der Waals surface area contributed by atoms with Crippen molar-refractivity contribution in [3.05, 3.63) is 34.3 Å². The maximum absolute atomic E-state index is 12.0. The van der Waals surface area contributed by atoms with E-state index in [0.29, 0.717) is 0 Å². The van der Waals surface area contributed by atoms with Crippen LogP contribution in [0, 0.1) is 0 Å². The zero-order valence-electron chi connectivity index (χ0n) is 11.5. The molecule has 0 saturated carbocycles. The maximum atomic E-state index is 12.0. The number of aliphatic carboxylic acids is 1. The Balaban J connectivity index is 2.67. The Labute approximate surface area is 126 Å². The van der Waals surface area contributed by atoms with Crippen molar-refractivity contribution in [3.63, 3.8) is 0 Å². The van der Waals surface area contributed by atoms with Gasteiger partial charge in [-0.3, -0.25) is 9.59 Å². The number of halogens is 1. The molecule has 0 aliphatic heterocycles. The number of carboxylic acids is 1. The first-order valence-corrected chi connectivity index (χ1v) is 7.07. The molecule has 5 nitrogen and oxygen atoms in total. The van der Waals surface area contributed by atoms with Crippen LogP contribution in [0.2, 0.25) is 0 Å². The molecule has 0 aliphatic rings. The van der Waals surface area contributed by atoms with E-state index in [1.807, 2.05) is 38.1 Å². The second-order valence-corrected chi connectivity index (χ2v) is 6.08. The molecule has 110 valence electrons. The molecule has 20 heavy (non-hydrogen) atoms. The molecule has 0 heterocycles. The molecule has 0 fully saturated rings. The largest absolute Gasteiger partial charge is 0.481 e. The smallest absolute Gasteiger partial charge is 0.303 e. The summed E-state index contributed by atoms with van der Waals surface area (Å²) in [6.07, 6.45) is 0.00484. The predicted octanol–water partition coefficient (Wildman–Crippen LogP) is 1.99. The molecule has 0 spiro atoms. The molecule has 1 aromatic carbocycles. The van der Waals surface area contributed by atoms with Crippen LogP contribution in [0.5, 0.6) is 0 Å². The van der Waals surface area contributed by atoms with Crippen LogP contribution in [0.3, 0.4) is 0 Å². The fourth-order valence-corrected chi connectivity index (χ4v) is 2.01. The van der Waals surface area contributed by atoms with E-state index in [4.69, 9.17) is 10.8 Å². The van der Waals surface area contributed by atoms with Gasteiger partial charge < -0.3 is 16.2 Å². The first kappa shape index (κ1) is 16.7. The van der Waals surface area contributed by atoms with Crippen molar-refractivity contribution in [2.45, 2.75) is 38.3 Å². The molecule has 1 aromatic rings. The zero-order valence-corrected chi connectivity index (χ0v) is 13.1. The molecular formula is C14H19BrN2O3. The molecule has 0 radical (unpaired) electrons. The summed E-state index contributed by atoms with van der Waals surface area (Å²) in [4.78, 5) is 22.4. The van der Waals surface area contributed by atoms with Gasteiger partial charge in [0.15, 0.2) is 0 Å². The number of amides is 1. The zero-order chi connectivity index (χ0) is 15.3. The van der Waals surface area contributed by atoms with Gasteiger partial charge >= 0.3 is 5.97 Å². The Morgan fingerprint density at radius 3 is 2.40 bits per heavy atom. The molecule has 0 aliphatic carbocycles. The number of carbonyl (C=O) groups excluding carboxylic acids is 1. The lowest BCUT2D eigenvalue weighted by atomic mass is 9.93. The number of carboxylic acid groups (broad SMARTS) is 1. The summed E-state index contributed by atoms with van der Waals surface area (Å²) in [7, 11) is 0. The lowest BCUT2D eigenvalue weighted by molar-refractivity contribution is -0.137. The second-order valence-electron chi connectivity index (χ2n) is 5.16. The van der Waals surface area contributed by atoms with Crippen molar-refractivity contribution in [3.8, 4) is 0 Å². The summed E-state index contributed by atoms with van der Waals surface area (Å²) in [5.41, 5.74) is 6.07. The monoisotopic (exact) mass is 342 g/mol. The summed E-state index contributed by atoms with van der Waals surface area (Å²) in [5.74, 6) is -1.31. The summed E-state index contributed by atoms with van der Waals surface area (Å²) in [5, 5.41) is 11.4. The van der Waals surface area contributed by atoms with Crippen LogP contribution in [-0.4, -0.2) is 23.0 Å². The van der Waals surface area contributed by atoms with Crippen molar-refractivity contribution in [2.24, 2.45) is 5.73 Å². The predicted molar refractivity (Wildman–Crippen MR) is 80.2 cm³/mol. The van der Waals surface area contributed by atoms with Crippen LogP contribution in [0.15, 0.2) is 28.7 Å². The normalized spacial score (nSPS) is 12.8. The summed E-state index contributed by atoms with van der Waals surface area (Å²) in [6.45, 7) is 3.75. The van der Waals surface area contributed by atoms with E-state index in [2.05, 4.69) is 21.2 Å². The van der Waals surface area contributed by atoms with Crippen molar-refractivity contribution < 1.29 is 14.7 Å². The van der Waals surface area contributed by atoms with Gasteiger partial charge in [-0.15, -0.1) is 0 Å². The van der Waals surface area contributed by atoms with Gasteiger partial charge in [-0.05, 0) is 38.0 Å². The summed E-state index contributed by atoms with van der Waals surface area (Å²) < 4.78 is 0.960. The second kappa shape index (κ2) is 6.85. The van der Waals surface area contributed by atoms with E-state index in [1.54, 1.807) is 0 Å².